The number of rotatable bonds is 3. The van der Waals surface area contributed by atoms with Crippen LogP contribution in [0.4, 0.5) is 9.18 Å². The monoisotopic (exact) mass is 401 g/mol. The first-order valence-electron chi connectivity index (χ1n) is 8.17. The van der Waals surface area contributed by atoms with Crippen LogP contribution in [0, 0.1) is 11.2 Å². The number of aliphatic hydroxyl groups is 1. The second-order valence-electron chi connectivity index (χ2n) is 7.54. The number of benzene rings is 1. The van der Waals surface area contributed by atoms with Crippen molar-refractivity contribution >= 4 is 22.0 Å². The van der Waals surface area contributed by atoms with Gasteiger partial charge in [0.25, 0.3) is 0 Å². The van der Waals surface area contributed by atoms with Crippen LogP contribution in [-0.2, 0) is 11.2 Å². The Kier molecular flexibility index (Phi) is 5.91. The van der Waals surface area contributed by atoms with E-state index >= 15 is 0 Å². The Balaban J connectivity index is 2.03. The molecule has 0 aliphatic carbocycles. The second kappa shape index (κ2) is 7.40. The van der Waals surface area contributed by atoms with Crippen molar-refractivity contribution in [2.75, 3.05) is 19.7 Å². The number of hydrogen-bond donors (Lipinski definition) is 1. The van der Waals surface area contributed by atoms with Gasteiger partial charge in [0.2, 0.25) is 0 Å². The zero-order valence-corrected chi connectivity index (χ0v) is 16.0. The highest BCUT2D eigenvalue weighted by Gasteiger charge is 2.37. The standard InChI is InChI=1S/C18H25BrFNO3/c1-17(2,3)24-16(23)21-8-6-18(12-22,7-9-21)11-13-10-14(19)4-5-15(13)20/h4-5,10,22H,6-9,11-12H2,1-3H3. The van der Waals surface area contributed by atoms with Gasteiger partial charge in [-0.1, -0.05) is 15.9 Å². The summed E-state index contributed by atoms with van der Waals surface area (Å²) in [5.74, 6) is -0.263. The number of aliphatic hydroxyl groups excluding tert-OH is 1. The zero-order chi connectivity index (χ0) is 18.0. The molecule has 1 heterocycles. The van der Waals surface area contributed by atoms with Gasteiger partial charge in [0, 0.05) is 29.6 Å². The highest BCUT2D eigenvalue weighted by Crippen LogP contribution is 2.36. The molecule has 1 aliphatic heterocycles. The van der Waals surface area contributed by atoms with Gasteiger partial charge in [-0.25, -0.2) is 9.18 Å². The molecule has 6 heteroatoms. The lowest BCUT2D eigenvalue weighted by molar-refractivity contribution is -0.000373. The number of piperidine rings is 1. The van der Waals surface area contributed by atoms with Gasteiger partial charge < -0.3 is 14.7 Å². The molecule has 1 aromatic rings. The predicted molar refractivity (Wildman–Crippen MR) is 94.4 cm³/mol. The molecule has 1 aromatic carbocycles. The summed E-state index contributed by atoms with van der Waals surface area (Å²) in [7, 11) is 0. The predicted octanol–water partition coefficient (Wildman–Crippen LogP) is 4.14. The lowest BCUT2D eigenvalue weighted by Crippen LogP contribution is -2.47. The van der Waals surface area contributed by atoms with E-state index in [0.717, 1.165) is 4.47 Å². The summed E-state index contributed by atoms with van der Waals surface area (Å²) >= 11 is 3.36. The smallest absolute Gasteiger partial charge is 0.410 e. The van der Waals surface area contributed by atoms with Crippen molar-refractivity contribution in [1.29, 1.82) is 0 Å². The molecule has 0 saturated carbocycles. The van der Waals surface area contributed by atoms with Gasteiger partial charge in [-0.15, -0.1) is 0 Å². The van der Waals surface area contributed by atoms with Crippen molar-refractivity contribution < 1.29 is 19.0 Å². The number of carbonyl (C=O) groups excluding carboxylic acids is 1. The summed E-state index contributed by atoms with van der Waals surface area (Å²) in [5, 5.41) is 9.91. The summed E-state index contributed by atoms with van der Waals surface area (Å²) in [6, 6.07) is 4.85. The quantitative estimate of drug-likeness (QED) is 0.827. The molecule has 1 aliphatic rings. The SMILES string of the molecule is CC(C)(C)OC(=O)N1CCC(CO)(Cc2cc(Br)ccc2F)CC1. The van der Waals surface area contributed by atoms with Gasteiger partial charge in [0.15, 0.2) is 0 Å². The van der Waals surface area contributed by atoms with Crippen molar-refractivity contribution in [1.82, 2.24) is 4.90 Å². The lowest BCUT2D eigenvalue weighted by Gasteiger charge is -2.41. The van der Waals surface area contributed by atoms with Crippen LogP contribution in [0.15, 0.2) is 22.7 Å². The van der Waals surface area contributed by atoms with E-state index < -0.39 is 11.0 Å². The molecule has 1 amide bonds. The third kappa shape index (κ3) is 4.93. The van der Waals surface area contributed by atoms with Crippen LogP contribution in [0.25, 0.3) is 0 Å². The van der Waals surface area contributed by atoms with Gasteiger partial charge in [-0.05, 0) is 63.8 Å². The number of carbonyl (C=O) groups is 1. The Labute approximate surface area is 151 Å². The molecule has 1 N–H and O–H groups in total. The molecule has 1 saturated heterocycles. The molecule has 0 radical (unpaired) electrons. The second-order valence-corrected chi connectivity index (χ2v) is 8.45. The Morgan fingerprint density at radius 1 is 1.38 bits per heavy atom. The Hall–Kier alpha value is -1.14. The van der Waals surface area contributed by atoms with Crippen LogP contribution in [0.1, 0.15) is 39.2 Å². The average molecular weight is 402 g/mol. The van der Waals surface area contributed by atoms with E-state index in [1.54, 1.807) is 17.0 Å². The number of ether oxygens (including phenoxy) is 1. The maximum atomic E-state index is 14.0. The topological polar surface area (TPSA) is 49.8 Å². The van der Waals surface area contributed by atoms with E-state index in [1.807, 2.05) is 20.8 Å². The van der Waals surface area contributed by atoms with E-state index in [2.05, 4.69) is 15.9 Å². The number of amides is 1. The summed E-state index contributed by atoms with van der Waals surface area (Å²) in [6.07, 6.45) is 1.36. The van der Waals surface area contributed by atoms with Gasteiger partial charge in [-0.2, -0.15) is 0 Å². The highest BCUT2D eigenvalue weighted by molar-refractivity contribution is 9.10. The van der Waals surface area contributed by atoms with E-state index in [-0.39, 0.29) is 18.5 Å². The van der Waals surface area contributed by atoms with Crippen molar-refractivity contribution in [3.05, 3.63) is 34.1 Å². The number of nitrogens with zero attached hydrogens (tertiary/aromatic N) is 1. The first kappa shape index (κ1) is 19.2. The van der Waals surface area contributed by atoms with E-state index in [1.165, 1.54) is 6.07 Å². The van der Waals surface area contributed by atoms with Crippen LogP contribution < -0.4 is 0 Å². The normalized spacial score (nSPS) is 17.7. The molecular formula is C18H25BrFNO3. The molecule has 24 heavy (non-hydrogen) atoms. The number of hydrogen-bond acceptors (Lipinski definition) is 3. The summed E-state index contributed by atoms with van der Waals surface area (Å²) in [4.78, 5) is 13.8. The first-order valence-corrected chi connectivity index (χ1v) is 8.96. The molecule has 2 rings (SSSR count). The van der Waals surface area contributed by atoms with Crippen molar-refractivity contribution in [3.63, 3.8) is 0 Å². The van der Waals surface area contributed by atoms with Gasteiger partial charge >= 0.3 is 6.09 Å². The van der Waals surface area contributed by atoms with E-state index in [0.29, 0.717) is 37.9 Å². The highest BCUT2D eigenvalue weighted by atomic mass is 79.9. The fourth-order valence-corrected chi connectivity index (χ4v) is 3.37. The van der Waals surface area contributed by atoms with Crippen LogP contribution >= 0.6 is 15.9 Å². The maximum absolute atomic E-state index is 14.0. The lowest BCUT2D eigenvalue weighted by atomic mass is 9.74. The average Bonchev–Trinajstić information content (AvgIpc) is 2.50. The van der Waals surface area contributed by atoms with Gasteiger partial charge in [-0.3, -0.25) is 0 Å². The van der Waals surface area contributed by atoms with Gasteiger partial charge in [0.05, 0.1) is 0 Å². The van der Waals surface area contributed by atoms with E-state index in [9.17, 15) is 14.3 Å². The van der Waals surface area contributed by atoms with E-state index in [4.69, 9.17) is 4.74 Å². The van der Waals surface area contributed by atoms with Crippen molar-refractivity contribution in [2.45, 2.75) is 45.6 Å². The Morgan fingerprint density at radius 2 is 2.00 bits per heavy atom. The summed E-state index contributed by atoms with van der Waals surface area (Å²) in [6.45, 7) is 6.49. The van der Waals surface area contributed by atoms with Crippen molar-refractivity contribution in [2.24, 2.45) is 5.41 Å². The van der Waals surface area contributed by atoms with Crippen LogP contribution in [-0.4, -0.2) is 41.4 Å². The minimum absolute atomic E-state index is 0.0267. The Morgan fingerprint density at radius 3 is 2.54 bits per heavy atom. The molecule has 0 bridgehead atoms. The zero-order valence-electron chi connectivity index (χ0n) is 14.4. The van der Waals surface area contributed by atoms with Crippen LogP contribution in [0.2, 0.25) is 0 Å². The summed E-state index contributed by atoms with van der Waals surface area (Å²) < 4.78 is 20.2. The molecule has 4 nitrogen and oxygen atoms in total. The molecule has 0 atom stereocenters. The van der Waals surface area contributed by atoms with Crippen LogP contribution in [0.5, 0.6) is 0 Å². The van der Waals surface area contributed by atoms with Crippen LogP contribution in [0.3, 0.4) is 0 Å². The molecule has 134 valence electrons. The minimum Gasteiger partial charge on any atom is -0.444 e. The molecule has 0 unspecified atom stereocenters. The minimum atomic E-state index is -0.526. The number of likely N-dealkylation sites (tertiary alicyclic amines) is 1. The molecule has 1 fully saturated rings. The fourth-order valence-electron chi connectivity index (χ4n) is 2.96. The first-order chi connectivity index (χ1) is 11.1. The third-order valence-electron chi connectivity index (χ3n) is 4.38. The van der Waals surface area contributed by atoms with Gasteiger partial charge in [0.1, 0.15) is 11.4 Å². The molecular weight excluding hydrogens is 377 g/mol. The largest absolute Gasteiger partial charge is 0.444 e. The molecule has 0 aromatic heterocycles. The third-order valence-corrected chi connectivity index (χ3v) is 4.88. The fraction of sp³-hybridized carbons (Fsp3) is 0.611. The Bertz CT molecular complexity index is 592. The maximum Gasteiger partial charge on any atom is 0.410 e. The number of halogens is 2. The van der Waals surface area contributed by atoms with Crippen molar-refractivity contribution in [3.8, 4) is 0 Å². The summed E-state index contributed by atoms with van der Waals surface area (Å²) in [5.41, 5.74) is -0.341. The molecule has 0 spiro atoms.